The van der Waals surface area contributed by atoms with Crippen LogP contribution in [0.2, 0.25) is 0 Å². The molecule has 1 aliphatic rings. The van der Waals surface area contributed by atoms with E-state index >= 15 is 0 Å². The van der Waals surface area contributed by atoms with E-state index in [9.17, 15) is 0 Å². The standard InChI is InChI=1S/C14H15N3/c15-7-13-5-6-14(8-16-13)17-9-11-3-1-2-4-12(11)10-17/h1-6,8H,7,9-10,15H2. The average Bonchev–Trinajstić information content (AvgIpc) is 2.82. The first kappa shape index (κ1) is 10.3. The lowest BCUT2D eigenvalue weighted by atomic mass is 10.1. The first-order valence-electron chi connectivity index (χ1n) is 5.83. The van der Waals surface area contributed by atoms with Gasteiger partial charge in [0.25, 0.3) is 0 Å². The van der Waals surface area contributed by atoms with Crippen LogP contribution in [0.5, 0.6) is 0 Å². The summed E-state index contributed by atoms with van der Waals surface area (Å²) in [6, 6.07) is 12.7. The van der Waals surface area contributed by atoms with E-state index in [-0.39, 0.29) is 0 Å². The van der Waals surface area contributed by atoms with Gasteiger partial charge in [-0.2, -0.15) is 0 Å². The van der Waals surface area contributed by atoms with Crippen molar-refractivity contribution in [2.24, 2.45) is 5.73 Å². The monoisotopic (exact) mass is 225 g/mol. The number of aromatic nitrogens is 1. The molecule has 17 heavy (non-hydrogen) atoms. The third-order valence-electron chi connectivity index (χ3n) is 3.22. The van der Waals surface area contributed by atoms with E-state index in [4.69, 9.17) is 5.73 Å². The molecule has 0 radical (unpaired) electrons. The largest absolute Gasteiger partial charge is 0.362 e. The van der Waals surface area contributed by atoms with Crippen molar-refractivity contribution in [3.05, 3.63) is 59.4 Å². The summed E-state index contributed by atoms with van der Waals surface area (Å²) in [5.41, 5.74) is 10.5. The highest BCUT2D eigenvalue weighted by Gasteiger charge is 2.18. The molecule has 2 N–H and O–H groups in total. The zero-order valence-corrected chi connectivity index (χ0v) is 9.63. The van der Waals surface area contributed by atoms with Crippen molar-refractivity contribution in [1.29, 1.82) is 0 Å². The van der Waals surface area contributed by atoms with Gasteiger partial charge in [0.05, 0.1) is 17.6 Å². The van der Waals surface area contributed by atoms with Gasteiger partial charge in [-0.3, -0.25) is 4.98 Å². The number of benzene rings is 1. The number of pyridine rings is 1. The summed E-state index contributed by atoms with van der Waals surface area (Å²) in [6.45, 7) is 2.44. The molecule has 0 fully saturated rings. The fourth-order valence-corrected chi connectivity index (χ4v) is 2.24. The van der Waals surface area contributed by atoms with Gasteiger partial charge < -0.3 is 10.6 Å². The Kier molecular flexibility index (Phi) is 2.53. The molecule has 1 aliphatic heterocycles. The third-order valence-corrected chi connectivity index (χ3v) is 3.22. The van der Waals surface area contributed by atoms with Crippen molar-refractivity contribution in [2.75, 3.05) is 4.90 Å². The molecule has 0 bridgehead atoms. The minimum absolute atomic E-state index is 0.501. The van der Waals surface area contributed by atoms with E-state index in [2.05, 4.69) is 40.2 Å². The van der Waals surface area contributed by atoms with E-state index in [1.165, 1.54) is 16.8 Å². The lowest BCUT2D eigenvalue weighted by Crippen LogP contribution is -2.15. The molecule has 0 atom stereocenters. The maximum Gasteiger partial charge on any atom is 0.0559 e. The quantitative estimate of drug-likeness (QED) is 0.850. The van der Waals surface area contributed by atoms with Gasteiger partial charge >= 0.3 is 0 Å². The van der Waals surface area contributed by atoms with Crippen LogP contribution in [0, 0.1) is 0 Å². The van der Waals surface area contributed by atoms with E-state index in [1.54, 1.807) is 0 Å². The van der Waals surface area contributed by atoms with Crippen LogP contribution in [0.4, 0.5) is 5.69 Å². The highest BCUT2D eigenvalue weighted by Crippen LogP contribution is 2.27. The van der Waals surface area contributed by atoms with E-state index in [0.29, 0.717) is 6.54 Å². The molecular formula is C14H15N3. The van der Waals surface area contributed by atoms with Crippen LogP contribution < -0.4 is 10.6 Å². The van der Waals surface area contributed by atoms with Gasteiger partial charge in [0, 0.05) is 19.6 Å². The van der Waals surface area contributed by atoms with Gasteiger partial charge in [0.15, 0.2) is 0 Å². The summed E-state index contributed by atoms with van der Waals surface area (Å²) < 4.78 is 0. The topological polar surface area (TPSA) is 42.1 Å². The maximum absolute atomic E-state index is 5.55. The number of fused-ring (bicyclic) bond motifs is 1. The molecular weight excluding hydrogens is 210 g/mol. The number of nitrogens with zero attached hydrogens (tertiary/aromatic N) is 2. The first-order valence-corrected chi connectivity index (χ1v) is 5.83. The Balaban J connectivity index is 1.83. The highest BCUT2D eigenvalue weighted by molar-refractivity contribution is 5.50. The van der Waals surface area contributed by atoms with Crippen LogP contribution in [0.15, 0.2) is 42.6 Å². The molecule has 0 unspecified atom stereocenters. The molecule has 86 valence electrons. The zero-order chi connectivity index (χ0) is 11.7. The predicted octanol–water partition coefficient (Wildman–Crippen LogP) is 2.06. The summed E-state index contributed by atoms with van der Waals surface area (Å²) >= 11 is 0. The fourth-order valence-electron chi connectivity index (χ4n) is 2.24. The second-order valence-electron chi connectivity index (χ2n) is 4.34. The lowest BCUT2D eigenvalue weighted by Gasteiger charge is -2.17. The Bertz CT molecular complexity index is 494. The van der Waals surface area contributed by atoms with Crippen LogP contribution in [0.25, 0.3) is 0 Å². The molecule has 0 saturated heterocycles. The molecule has 0 amide bonds. The van der Waals surface area contributed by atoms with Crippen LogP contribution in [-0.2, 0) is 19.6 Å². The molecule has 2 aromatic rings. The summed E-state index contributed by atoms with van der Waals surface area (Å²) in [5.74, 6) is 0. The third kappa shape index (κ3) is 1.89. The van der Waals surface area contributed by atoms with Crippen molar-refractivity contribution < 1.29 is 0 Å². The van der Waals surface area contributed by atoms with Crippen molar-refractivity contribution in [2.45, 2.75) is 19.6 Å². The Morgan fingerprint density at radius 1 is 1.06 bits per heavy atom. The second-order valence-corrected chi connectivity index (χ2v) is 4.34. The zero-order valence-electron chi connectivity index (χ0n) is 9.63. The molecule has 3 nitrogen and oxygen atoms in total. The number of hydrogen-bond donors (Lipinski definition) is 1. The van der Waals surface area contributed by atoms with Crippen molar-refractivity contribution >= 4 is 5.69 Å². The van der Waals surface area contributed by atoms with Gasteiger partial charge in [-0.1, -0.05) is 24.3 Å². The van der Waals surface area contributed by atoms with Gasteiger partial charge in [0.1, 0.15) is 0 Å². The minimum Gasteiger partial charge on any atom is -0.362 e. The van der Waals surface area contributed by atoms with Crippen molar-refractivity contribution in [3.63, 3.8) is 0 Å². The Morgan fingerprint density at radius 3 is 2.29 bits per heavy atom. The van der Waals surface area contributed by atoms with Crippen LogP contribution >= 0.6 is 0 Å². The Morgan fingerprint density at radius 2 is 1.76 bits per heavy atom. The highest BCUT2D eigenvalue weighted by atomic mass is 15.1. The SMILES string of the molecule is NCc1ccc(N2Cc3ccccc3C2)cn1. The molecule has 2 heterocycles. The number of nitrogens with two attached hydrogens (primary N) is 1. The second kappa shape index (κ2) is 4.18. The Hall–Kier alpha value is -1.87. The van der Waals surface area contributed by atoms with E-state index in [1.807, 2.05) is 12.3 Å². The maximum atomic E-state index is 5.55. The summed E-state index contributed by atoms with van der Waals surface area (Å²) in [7, 11) is 0. The Labute approximate surface area is 101 Å². The number of hydrogen-bond acceptors (Lipinski definition) is 3. The van der Waals surface area contributed by atoms with Gasteiger partial charge in [0.2, 0.25) is 0 Å². The molecule has 3 rings (SSSR count). The van der Waals surface area contributed by atoms with Gasteiger partial charge in [-0.05, 0) is 23.3 Å². The first-order chi connectivity index (χ1) is 8.36. The fraction of sp³-hybridized carbons (Fsp3) is 0.214. The van der Waals surface area contributed by atoms with Crippen molar-refractivity contribution in [1.82, 2.24) is 4.98 Å². The summed E-state index contributed by atoms with van der Waals surface area (Å²) in [6.07, 6.45) is 1.91. The molecule has 1 aromatic heterocycles. The molecule has 0 saturated carbocycles. The molecule has 0 aliphatic carbocycles. The van der Waals surface area contributed by atoms with Crippen LogP contribution in [0.1, 0.15) is 16.8 Å². The van der Waals surface area contributed by atoms with Gasteiger partial charge in [-0.25, -0.2) is 0 Å². The number of rotatable bonds is 2. The predicted molar refractivity (Wildman–Crippen MR) is 68.5 cm³/mol. The molecule has 3 heteroatoms. The van der Waals surface area contributed by atoms with Gasteiger partial charge in [-0.15, -0.1) is 0 Å². The molecule has 0 spiro atoms. The van der Waals surface area contributed by atoms with Crippen LogP contribution in [0.3, 0.4) is 0 Å². The summed E-state index contributed by atoms with van der Waals surface area (Å²) in [5, 5.41) is 0. The van der Waals surface area contributed by atoms with E-state index in [0.717, 1.165) is 18.8 Å². The van der Waals surface area contributed by atoms with Crippen LogP contribution in [-0.4, -0.2) is 4.98 Å². The normalized spacial score (nSPS) is 13.8. The minimum atomic E-state index is 0.501. The smallest absolute Gasteiger partial charge is 0.0559 e. The van der Waals surface area contributed by atoms with E-state index < -0.39 is 0 Å². The lowest BCUT2D eigenvalue weighted by molar-refractivity contribution is 0.870. The van der Waals surface area contributed by atoms with Crippen molar-refractivity contribution in [3.8, 4) is 0 Å². The number of anilines is 1. The molecule has 1 aromatic carbocycles. The summed E-state index contributed by atoms with van der Waals surface area (Å²) in [4.78, 5) is 6.67. The average molecular weight is 225 g/mol.